The Labute approximate surface area is 377 Å². The Balaban J connectivity index is 0. The van der Waals surface area contributed by atoms with E-state index in [0.29, 0.717) is 68.5 Å². The van der Waals surface area contributed by atoms with Crippen molar-refractivity contribution < 1.29 is 47.6 Å². The highest BCUT2D eigenvalue weighted by molar-refractivity contribution is 5.83. The summed E-state index contributed by atoms with van der Waals surface area (Å²) in [5.74, 6) is -0.0266. The summed E-state index contributed by atoms with van der Waals surface area (Å²) >= 11 is 0. The van der Waals surface area contributed by atoms with Gasteiger partial charge in [-0.25, -0.2) is 9.48 Å². The number of nitrogens with zero attached hydrogens (tertiary/aromatic N) is 3. The van der Waals surface area contributed by atoms with Crippen LogP contribution in [0.3, 0.4) is 0 Å². The van der Waals surface area contributed by atoms with Crippen molar-refractivity contribution in [1.29, 1.82) is 0 Å². The summed E-state index contributed by atoms with van der Waals surface area (Å²) in [7, 11) is 0. The fourth-order valence-corrected chi connectivity index (χ4v) is 4.47. The Morgan fingerprint density at radius 2 is 0.952 bits per heavy atom. The Morgan fingerprint density at radius 1 is 0.516 bits per heavy atom. The molecule has 0 bridgehead atoms. The van der Waals surface area contributed by atoms with Crippen LogP contribution in [0.25, 0.3) is 0 Å². The van der Waals surface area contributed by atoms with E-state index in [0.717, 1.165) is 32.3 Å². The zero-order valence-corrected chi connectivity index (χ0v) is 42.7. The summed E-state index contributed by atoms with van der Waals surface area (Å²) < 4.78 is 33.1. The van der Waals surface area contributed by atoms with Crippen molar-refractivity contribution in [3.63, 3.8) is 0 Å². The second kappa shape index (κ2) is 30.1. The van der Waals surface area contributed by atoms with Crippen molar-refractivity contribution in [3.8, 4) is 0 Å². The minimum Gasteiger partial charge on any atom is -0.463 e. The van der Waals surface area contributed by atoms with Crippen LogP contribution in [0.4, 0.5) is 4.79 Å². The van der Waals surface area contributed by atoms with Crippen LogP contribution in [-0.2, 0) is 55.9 Å². The number of carbonyl (C=O) groups excluding carboxylic acids is 4. The molecule has 0 saturated heterocycles. The number of unbranched alkanes of at least 4 members (excludes halogenated alkanes) is 2. The topological polar surface area (TPSA) is 166 Å². The number of esters is 2. The Bertz CT molecular complexity index is 1370. The van der Waals surface area contributed by atoms with Gasteiger partial charge in [-0.1, -0.05) is 101 Å². The van der Waals surface area contributed by atoms with E-state index in [1.54, 1.807) is 31.6 Å². The normalized spacial score (nSPS) is 12.4. The molecule has 1 heterocycles. The van der Waals surface area contributed by atoms with Gasteiger partial charge in [-0.2, -0.15) is 0 Å². The number of amides is 1. The molecule has 0 aliphatic carbocycles. The average molecular weight is 885 g/mol. The molecule has 0 unspecified atom stereocenters. The summed E-state index contributed by atoms with van der Waals surface area (Å²) in [5.41, 5.74) is 0.476. The molecule has 0 fully saturated rings. The minimum absolute atomic E-state index is 0.149. The number of rotatable bonds is 23. The molecule has 364 valence electrons. The SMILES string of the molecule is CC(C)(C)CCCCCC(=O)C(C)(C)C.CC(C)(C)CCOCCOC(=O)C(C)(C)C.CC(C)(C)CCOCCOC(=O)NCc1cn(CCOCCOC(=O)C(C)(C)C)nn1. The van der Waals surface area contributed by atoms with Crippen LogP contribution in [0.1, 0.15) is 175 Å². The highest BCUT2D eigenvalue weighted by Crippen LogP contribution is 2.24. The van der Waals surface area contributed by atoms with Crippen LogP contribution in [0.2, 0.25) is 0 Å². The van der Waals surface area contributed by atoms with Crippen LogP contribution in [0.5, 0.6) is 0 Å². The molecule has 1 aromatic heterocycles. The van der Waals surface area contributed by atoms with Gasteiger partial charge in [0.15, 0.2) is 0 Å². The van der Waals surface area contributed by atoms with E-state index in [-0.39, 0.29) is 42.5 Å². The van der Waals surface area contributed by atoms with Crippen LogP contribution in [0.15, 0.2) is 6.20 Å². The molecule has 1 N–H and O–H groups in total. The Morgan fingerprint density at radius 3 is 1.37 bits per heavy atom. The number of aromatic nitrogens is 3. The number of ketones is 1. The maximum absolute atomic E-state index is 11.7. The molecule has 1 rings (SSSR count). The smallest absolute Gasteiger partial charge is 0.407 e. The van der Waals surface area contributed by atoms with Gasteiger partial charge in [-0.15, -0.1) is 5.10 Å². The van der Waals surface area contributed by atoms with Crippen molar-refractivity contribution in [3.05, 3.63) is 11.9 Å². The van der Waals surface area contributed by atoms with E-state index in [1.165, 1.54) is 19.3 Å². The fraction of sp³-hybridized carbons (Fsp3) is 0.875. The van der Waals surface area contributed by atoms with Gasteiger partial charge < -0.3 is 33.7 Å². The first-order valence-corrected chi connectivity index (χ1v) is 22.6. The molecular formula is C48H92N4O10. The molecule has 0 atom stereocenters. The summed E-state index contributed by atoms with van der Waals surface area (Å²) in [6, 6.07) is 0. The molecule has 1 aromatic rings. The third-order valence-electron chi connectivity index (χ3n) is 8.73. The highest BCUT2D eigenvalue weighted by atomic mass is 16.6. The van der Waals surface area contributed by atoms with Gasteiger partial charge in [0.05, 0.1) is 56.5 Å². The van der Waals surface area contributed by atoms with E-state index >= 15 is 0 Å². The fourth-order valence-electron chi connectivity index (χ4n) is 4.47. The van der Waals surface area contributed by atoms with Crippen molar-refractivity contribution in [1.82, 2.24) is 20.3 Å². The van der Waals surface area contributed by atoms with E-state index in [9.17, 15) is 19.2 Å². The van der Waals surface area contributed by atoms with E-state index in [2.05, 4.69) is 77.9 Å². The van der Waals surface area contributed by atoms with Gasteiger partial charge in [-0.05, 0) is 83.5 Å². The number of carbonyl (C=O) groups is 4. The molecule has 0 spiro atoms. The average Bonchev–Trinajstić information content (AvgIpc) is 3.57. The van der Waals surface area contributed by atoms with Crippen molar-refractivity contribution in [2.75, 3.05) is 59.5 Å². The maximum atomic E-state index is 11.7. The third-order valence-corrected chi connectivity index (χ3v) is 8.73. The van der Waals surface area contributed by atoms with Crippen LogP contribution >= 0.6 is 0 Å². The van der Waals surface area contributed by atoms with Gasteiger partial charge in [-0.3, -0.25) is 14.4 Å². The number of alkyl carbamates (subject to hydrolysis) is 1. The predicted molar refractivity (Wildman–Crippen MR) is 247 cm³/mol. The third kappa shape index (κ3) is 39.7. The largest absolute Gasteiger partial charge is 0.463 e. The first-order valence-electron chi connectivity index (χ1n) is 22.6. The number of ether oxygens (including phenoxy) is 6. The van der Waals surface area contributed by atoms with Gasteiger partial charge in [0.1, 0.15) is 31.3 Å². The van der Waals surface area contributed by atoms with Crippen LogP contribution in [0, 0.1) is 32.5 Å². The number of nitrogens with one attached hydrogen (secondary N) is 1. The molecule has 1 amide bonds. The number of Topliss-reactive ketones (excluding diaryl/α,β-unsaturated/α-hetero) is 1. The lowest BCUT2D eigenvalue weighted by atomic mass is 9.86. The lowest BCUT2D eigenvalue weighted by Crippen LogP contribution is -2.25. The Kier molecular flexibility index (Phi) is 29.6. The molecule has 0 saturated carbocycles. The first-order chi connectivity index (χ1) is 28.2. The van der Waals surface area contributed by atoms with Crippen molar-refractivity contribution >= 4 is 23.8 Å². The summed E-state index contributed by atoms with van der Waals surface area (Å²) in [4.78, 5) is 46.3. The van der Waals surface area contributed by atoms with E-state index in [1.807, 2.05) is 41.5 Å². The molecule has 0 aliphatic heterocycles. The van der Waals surface area contributed by atoms with Crippen molar-refractivity contribution in [2.45, 2.75) is 183 Å². The second-order valence-corrected chi connectivity index (χ2v) is 22.5. The van der Waals surface area contributed by atoms with Gasteiger partial charge in [0.25, 0.3) is 0 Å². The highest BCUT2D eigenvalue weighted by Gasteiger charge is 2.24. The lowest BCUT2D eigenvalue weighted by molar-refractivity contribution is -0.155. The predicted octanol–water partition coefficient (Wildman–Crippen LogP) is 10.2. The van der Waals surface area contributed by atoms with Gasteiger partial charge in [0.2, 0.25) is 0 Å². The molecule has 0 aromatic carbocycles. The van der Waals surface area contributed by atoms with Crippen LogP contribution in [-0.4, -0.2) is 98.3 Å². The Hall–Kier alpha value is -3.10. The maximum Gasteiger partial charge on any atom is 0.407 e. The molecule has 62 heavy (non-hydrogen) atoms. The second-order valence-electron chi connectivity index (χ2n) is 22.5. The zero-order chi connectivity index (χ0) is 48.3. The summed E-state index contributed by atoms with van der Waals surface area (Å²) in [6.07, 6.45) is 8.68. The van der Waals surface area contributed by atoms with Crippen LogP contribution < -0.4 is 5.32 Å². The molecule has 0 radical (unpaired) electrons. The lowest BCUT2D eigenvalue weighted by Gasteiger charge is -2.18. The number of hydrogen-bond donors (Lipinski definition) is 1. The van der Waals surface area contributed by atoms with Gasteiger partial charge >= 0.3 is 18.0 Å². The minimum atomic E-state index is -0.526. The van der Waals surface area contributed by atoms with E-state index < -0.39 is 16.9 Å². The standard InChI is InChI=1S/C21H38N4O6.C14H28O.C13H26O3/c1-20(2,3)7-9-28-12-14-31-19(27)22-15-17-16-25(24-23-17)8-10-29-11-13-30-18(26)21(4,5)6;1-13(2,3)11-9-7-8-10-12(15)14(4,5)6;1-12(2,3)7-8-15-9-10-16-11(14)13(4,5)6/h16H,7-15H2,1-6H3,(H,22,27);7-11H2,1-6H3;7-10H2,1-6H3. The molecule has 14 nitrogen and oxygen atoms in total. The molecular weight excluding hydrogens is 793 g/mol. The zero-order valence-electron chi connectivity index (χ0n) is 42.7. The summed E-state index contributed by atoms with van der Waals surface area (Å²) in [5, 5.41) is 10.6. The first kappa shape index (κ1) is 61.0. The number of hydrogen-bond acceptors (Lipinski definition) is 12. The summed E-state index contributed by atoms with van der Waals surface area (Å²) in [6.45, 7) is 41.1. The van der Waals surface area contributed by atoms with Gasteiger partial charge in [0, 0.05) is 25.0 Å². The van der Waals surface area contributed by atoms with Crippen molar-refractivity contribution in [2.24, 2.45) is 32.5 Å². The quantitative estimate of drug-likeness (QED) is 0.0629. The van der Waals surface area contributed by atoms with E-state index in [4.69, 9.17) is 28.4 Å². The molecule has 0 aliphatic rings. The monoisotopic (exact) mass is 885 g/mol. The molecule has 14 heteroatoms.